The Hall–Kier alpha value is -2.24. The van der Waals surface area contributed by atoms with E-state index in [0.29, 0.717) is 11.4 Å². The number of anilines is 2. The smallest absolute Gasteiger partial charge is 0.408 e. The zero-order valence-corrected chi connectivity index (χ0v) is 11.3. The number of nitrogens with two attached hydrogens (primary N) is 2. The Morgan fingerprint density at radius 1 is 1.26 bits per heavy atom. The lowest BCUT2D eigenvalue weighted by atomic mass is 10.1. The predicted octanol–water partition coefficient (Wildman–Crippen LogP) is 1.56. The maximum absolute atomic E-state index is 11.9. The summed E-state index contributed by atoms with van der Waals surface area (Å²) >= 11 is 0. The molecule has 5 N–H and O–H groups in total. The molecule has 0 aliphatic heterocycles. The molecule has 1 aromatic carbocycles. The highest BCUT2D eigenvalue weighted by Crippen LogP contribution is 2.16. The number of ether oxygens (including phenoxy) is 1. The minimum absolute atomic E-state index is 0.192. The van der Waals surface area contributed by atoms with Crippen LogP contribution in [-0.2, 0) is 4.74 Å². The lowest BCUT2D eigenvalue weighted by Crippen LogP contribution is -2.35. The summed E-state index contributed by atoms with van der Waals surface area (Å²) in [5, 5.41) is 2.38. The van der Waals surface area contributed by atoms with Crippen molar-refractivity contribution in [3.05, 3.63) is 23.8 Å². The van der Waals surface area contributed by atoms with Crippen LogP contribution in [0, 0.1) is 0 Å². The summed E-state index contributed by atoms with van der Waals surface area (Å²) in [5.74, 6) is -0.323. The van der Waals surface area contributed by atoms with Crippen molar-refractivity contribution >= 4 is 23.3 Å². The molecule has 0 heterocycles. The van der Waals surface area contributed by atoms with E-state index in [0.717, 1.165) is 0 Å². The lowest BCUT2D eigenvalue weighted by molar-refractivity contribution is 0.0520. The molecule has 0 aromatic heterocycles. The molecule has 1 aromatic rings. The molecular formula is C13H19N3O3. The maximum Gasteiger partial charge on any atom is 0.408 e. The summed E-state index contributed by atoms with van der Waals surface area (Å²) in [7, 11) is 0. The third kappa shape index (κ3) is 4.87. The molecule has 1 amide bonds. The van der Waals surface area contributed by atoms with Gasteiger partial charge in [0, 0.05) is 16.9 Å². The Labute approximate surface area is 112 Å². The van der Waals surface area contributed by atoms with Crippen molar-refractivity contribution in [3.8, 4) is 0 Å². The summed E-state index contributed by atoms with van der Waals surface area (Å²) in [6, 6.07) is 4.64. The van der Waals surface area contributed by atoms with Crippen LogP contribution < -0.4 is 16.8 Å². The van der Waals surface area contributed by atoms with Crippen molar-refractivity contribution in [1.29, 1.82) is 0 Å². The van der Waals surface area contributed by atoms with Gasteiger partial charge in [0.05, 0.1) is 6.54 Å². The van der Waals surface area contributed by atoms with Crippen LogP contribution >= 0.6 is 0 Å². The molecule has 6 heteroatoms. The van der Waals surface area contributed by atoms with Gasteiger partial charge in [0.1, 0.15) is 5.60 Å². The van der Waals surface area contributed by atoms with E-state index in [-0.39, 0.29) is 17.9 Å². The molecule has 0 saturated heterocycles. The molecular weight excluding hydrogens is 246 g/mol. The summed E-state index contributed by atoms with van der Waals surface area (Å²) in [6.45, 7) is 5.03. The highest BCUT2D eigenvalue weighted by Gasteiger charge is 2.17. The standard InChI is InChI=1S/C13H19N3O3/c1-13(2,3)19-12(18)16-7-11(17)9-6-8(14)4-5-10(9)15/h4-6H,7,14-15H2,1-3H3,(H,16,18). The van der Waals surface area contributed by atoms with Gasteiger partial charge in [-0.2, -0.15) is 0 Å². The van der Waals surface area contributed by atoms with Crippen molar-refractivity contribution < 1.29 is 14.3 Å². The monoisotopic (exact) mass is 265 g/mol. The van der Waals surface area contributed by atoms with Crippen LogP contribution in [0.4, 0.5) is 16.2 Å². The topological polar surface area (TPSA) is 107 Å². The maximum atomic E-state index is 11.9. The van der Waals surface area contributed by atoms with Crippen molar-refractivity contribution in [2.45, 2.75) is 26.4 Å². The van der Waals surface area contributed by atoms with Gasteiger partial charge in [-0.3, -0.25) is 4.79 Å². The number of benzene rings is 1. The van der Waals surface area contributed by atoms with Gasteiger partial charge in [-0.1, -0.05) is 0 Å². The number of nitrogen functional groups attached to an aromatic ring is 2. The van der Waals surface area contributed by atoms with Gasteiger partial charge in [0.25, 0.3) is 0 Å². The highest BCUT2D eigenvalue weighted by atomic mass is 16.6. The van der Waals surface area contributed by atoms with E-state index in [1.807, 2.05) is 0 Å². The number of carbonyl (C=O) groups excluding carboxylic acids is 2. The van der Waals surface area contributed by atoms with E-state index in [9.17, 15) is 9.59 Å². The molecule has 0 unspecified atom stereocenters. The van der Waals surface area contributed by atoms with Crippen molar-refractivity contribution in [1.82, 2.24) is 5.32 Å². The third-order valence-electron chi connectivity index (χ3n) is 2.17. The Kier molecular flexibility index (Phi) is 4.37. The molecule has 0 spiro atoms. The Morgan fingerprint density at radius 3 is 2.47 bits per heavy atom. The lowest BCUT2D eigenvalue weighted by Gasteiger charge is -2.19. The first-order valence-corrected chi connectivity index (χ1v) is 5.84. The van der Waals surface area contributed by atoms with Gasteiger partial charge in [-0.05, 0) is 39.0 Å². The third-order valence-corrected chi connectivity index (χ3v) is 2.17. The number of hydrogen-bond donors (Lipinski definition) is 3. The predicted molar refractivity (Wildman–Crippen MR) is 73.8 cm³/mol. The minimum atomic E-state index is -0.650. The number of amides is 1. The summed E-state index contributed by atoms with van der Waals surface area (Å²) in [6.07, 6.45) is -0.650. The zero-order chi connectivity index (χ0) is 14.6. The van der Waals surface area contributed by atoms with E-state index in [2.05, 4.69) is 5.32 Å². The molecule has 0 aliphatic carbocycles. The van der Waals surface area contributed by atoms with Crippen LogP contribution in [0.3, 0.4) is 0 Å². The Bertz CT molecular complexity index is 492. The average Bonchev–Trinajstić information content (AvgIpc) is 2.27. The van der Waals surface area contributed by atoms with E-state index < -0.39 is 11.7 Å². The van der Waals surface area contributed by atoms with Crippen LogP contribution in [0.25, 0.3) is 0 Å². The van der Waals surface area contributed by atoms with Crippen LogP contribution in [-0.4, -0.2) is 24.0 Å². The fourth-order valence-corrected chi connectivity index (χ4v) is 1.38. The van der Waals surface area contributed by atoms with Gasteiger partial charge in [-0.25, -0.2) is 4.79 Å². The molecule has 0 aliphatic rings. The Morgan fingerprint density at radius 2 is 1.89 bits per heavy atom. The number of nitrogens with one attached hydrogen (secondary N) is 1. The van der Waals surface area contributed by atoms with Crippen molar-refractivity contribution in [2.75, 3.05) is 18.0 Å². The zero-order valence-electron chi connectivity index (χ0n) is 11.3. The fraction of sp³-hybridized carbons (Fsp3) is 0.385. The fourth-order valence-electron chi connectivity index (χ4n) is 1.38. The van der Waals surface area contributed by atoms with Crippen molar-refractivity contribution in [2.24, 2.45) is 0 Å². The van der Waals surface area contributed by atoms with Crippen molar-refractivity contribution in [3.63, 3.8) is 0 Å². The van der Waals surface area contributed by atoms with E-state index in [4.69, 9.17) is 16.2 Å². The second-order valence-corrected chi connectivity index (χ2v) is 5.13. The van der Waals surface area contributed by atoms with E-state index >= 15 is 0 Å². The van der Waals surface area contributed by atoms with Gasteiger partial charge >= 0.3 is 6.09 Å². The molecule has 0 radical (unpaired) electrons. The number of ketones is 1. The second-order valence-electron chi connectivity index (χ2n) is 5.13. The minimum Gasteiger partial charge on any atom is -0.444 e. The SMILES string of the molecule is CC(C)(C)OC(=O)NCC(=O)c1cc(N)ccc1N. The molecule has 0 atom stereocenters. The molecule has 0 fully saturated rings. The summed E-state index contributed by atoms with van der Waals surface area (Å²) in [4.78, 5) is 23.3. The molecule has 0 bridgehead atoms. The second kappa shape index (κ2) is 5.60. The largest absolute Gasteiger partial charge is 0.444 e. The van der Waals surface area contributed by atoms with Crippen LogP contribution in [0.15, 0.2) is 18.2 Å². The quantitative estimate of drug-likeness (QED) is 0.567. The molecule has 19 heavy (non-hydrogen) atoms. The number of rotatable bonds is 3. The highest BCUT2D eigenvalue weighted by molar-refractivity contribution is 6.03. The Balaban J connectivity index is 2.61. The normalized spacial score (nSPS) is 10.9. The summed E-state index contributed by atoms with van der Waals surface area (Å²) < 4.78 is 5.02. The summed E-state index contributed by atoms with van der Waals surface area (Å²) in [5.41, 5.74) is 11.7. The van der Waals surface area contributed by atoms with E-state index in [1.54, 1.807) is 32.9 Å². The van der Waals surface area contributed by atoms with Crippen LogP contribution in [0.5, 0.6) is 0 Å². The molecule has 104 valence electrons. The van der Waals surface area contributed by atoms with Crippen LogP contribution in [0.2, 0.25) is 0 Å². The van der Waals surface area contributed by atoms with Gasteiger partial charge < -0.3 is 21.5 Å². The first kappa shape index (κ1) is 14.8. The molecule has 0 saturated carbocycles. The number of carbonyl (C=O) groups is 2. The van der Waals surface area contributed by atoms with Gasteiger partial charge in [-0.15, -0.1) is 0 Å². The number of Topliss-reactive ketones (excluding diaryl/α,β-unsaturated/α-hetero) is 1. The first-order chi connectivity index (χ1) is 8.69. The molecule has 1 rings (SSSR count). The van der Waals surface area contributed by atoms with Gasteiger partial charge in [0.2, 0.25) is 0 Å². The number of alkyl carbamates (subject to hydrolysis) is 1. The number of hydrogen-bond acceptors (Lipinski definition) is 5. The average molecular weight is 265 g/mol. The first-order valence-electron chi connectivity index (χ1n) is 5.84. The van der Waals surface area contributed by atoms with E-state index in [1.165, 1.54) is 6.07 Å². The van der Waals surface area contributed by atoms with Crippen LogP contribution in [0.1, 0.15) is 31.1 Å². The molecule has 6 nitrogen and oxygen atoms in total. The van der Waals surface area contributed by atoms with Gasteiger partial charge in [0.15, 0.2) is 5.78 Å².